The SMILES string of the molecule is CCCCCCCCCCCCCCn1cc(CCOC(=O)CCN(CCCN(CC)CC)CCC(=O)OCCc2cn(CCCCCCCCCCCCCC)nn2)nn1. The van der Waals surface area contributed by atoms with E-state index in [4.69, 9.17) is 9.47 Å². The van der Waals surface area contributed by atoms with Crippen molar-refractivity contribution in [3.8, 4) is 0 Å². The second-order valence-corrected chi connectivity index (χ2v) is 17.4. The lowest BCUT2D eigenvalue weighted by Crippen LogP contribution is -2.33. The Balaban J connectivity index is 1.58. The Bertz CT molecular complexity index is 1210. The number of ether oxygens (including phenoxy) is 2. The molecule has 0 fully saturated rings. The van der Waals surface area contributed by atoms with Crippen molar-refractivity contribution in [1.82, 2.24) is 39.8 Å². The van der Waals surface area contributed by atoms with Gasteiger partial charge in [0.2, 0.25) is 0 Å². The monoisotopic (exact) mass is 857 g/mol. The Kier molecular flexibility index (Phi) is 34.5. The van der Waals surface area contributed by atoms with Gasteiger partial charge in [-0.25, -0.2) is 0 Å². The Hall–Kier alpha value is -2.86. The summed E-state index contributed by atoms with van der Waals surface area (Å²) in [6, 6.07) is 0. The zero-order chi connectivity index (χ0) is 43.9. The van der Waals surface area contributed by atoms with Gasteiger partial charge in [0.15, 0.2) is 0 Å². The molecule has 0 aliphatic heterocycles. The fourth-order valence-corrected chi connectivity index (χ4v) is 7.93. The maximum absolute atomic E-state index is 12.7. The molecule has 2 rings (SSSR count). The number of hydrogen-bond acceptors (Lipinski definition) is 10. The highest BCUT2D eigenvalue weighted by molar-refractivity contribution is 5.70. The van der Waals surface area contributed by atoms with Crippen LogP contribution in [-0.4, -0.2) is 104 Å². The van der Waals surface area contributed by atoms with Crippen LogP contribution in [0.3, 0.4) is 0 Å². The third kappa shape index (κ3) is 30.8. The molecule has 12 heteroatoms. The van der Waals surface area contributed by atoms with E-state index in [9.17, 15) is 9.59 Å². The quantitative estimate of drug-likeness (QED) is 0.0470. The predicted octanol–water partition coefficient (Wildman–Crippen LogP) is 11.0. The molecule has 0 spiro atoms. The van der Waals surface area contributed by atoms with E-state index in [0.29, 0.717) is 25.9 Å². The molecule has 0 saturated heterocycles. The van der Waals surface area contributed by atoms with E-state index in [-0.39, 0.29) is 38.0 Å². The van der Waals surface area contributed by atoms with Crippen LogP contribution in [0.25, 0.3) is 0 Å². The smallest absolute Gasteiger partial charge is 0.307 e. The number of hydrogen-bond donors (Lipinski definition) is 0. The van der Waals surface area contributed by atoms with E-state index >= 15 is 0 Å². The van der Waals surface area contributed by atoms with Crippen molar-refractivity contribution >= 4 is 11.9 Å². The largest absolute Gasteiger partial charge is 0.465 e. The van der Waals surface area contributed by atoms with Gasteiger partial charge < -0.3 is 19.3 Å². The molecule has 2 heterocycles. The normalized spacial score (nSPS) is 11.6. The Morgan fingerprint density at radius 2 is 0.803 bits per heavy atom. The van der Waals surface area contributed by atoms with E-state index in [1.807, 2.05) is 21.8 Å². The van der Waals surface area contributed by atoms with Crippen molar-refractivity contribution in [3.05, 3.63) is 23.8 Å². The fraction of sp³-hybridized carbons (Fsp3) is 0.878. The summed E-state index contributed by atoms with van der Waals surface area (Å²) in [4.78, 5) is 30.0. The lowest BCUT2D eigenvalue weighted by atomic mass is 10.1. The molecule has 0 saturated carbocycles. The molecule has 0 bridgehead atoms. The number of aromatic nitrogens is 6. The number of carbonyl (C=O) groups is 2. The highest BCUT2D eigenvalue weighted by Gasteiger charge is 2.14. The summed E-state index contributed by atoms with van der Waals surface area (Å²) >= 11 is 0. The zero-order valence-corrected chi connectivity index (χ0v) is 39.9. The summed E-state index contributed by atoms with van der Waals surface area (Å²) in [6.45, 7) is 16.1. The van der Waals surface area contributed by atoms with Gasteiger partial charge in [0, 0.05) is 51.4 Å². The molecule has 352 valence electrons. The third-order valence-corrected chi connectivity index (χ3v) is 12.0. The zero-order valence-electron chi connectivity index (χ0n) is 39.9. The van der Waals surface area contributed by atoms with E-state index < -0.39 is 0 Å². The first-order chi connectivity index (χ1) is 30.0. The summed E-state index contributed by atoms with van der Waals surface area (Å²) in [5.74, 6) is -0.459. The first kappa shape index (κ1) is 54.3. The molecule has 12 nitrogen and oxygen atoms in total. The van der Waals surface area contributed by atoms with Gasteiger partial charge in [-0.1, -0.05) is 179 Å². The lowest BCUT2D eigenvalue weighted by molar-refractivity contribution is -0.144. The minimum Gasteiger partial charge on any atom is -0.465 e. The molecular formula is C49H92N8O4. The Morgan fingerprint density at radius 1 is 0.459 bits per heavy atom. The Morgan fingerprint density at radius 3 is 1.16 bits per heavy atom. The van der Waals surface area contributed by atoms with E-state index in [0.717, 1.165) is 69.9 Å². The van der Waals surface area contributed by atoms with Gasteiger partial charge in [-0.05, 0) is 45.4 Å². The second kappa shape index (κ2) is 38.8. The summed E-state index contributed by atoms with van der Waals surface area (Å²) in [5.41, 5.74) is 1.70. The second-order valence-electron chi connectivity index (χ2n) is 17.4. The van der Waals surface area contributed by atoms with Gasteiger partial charge in [-0.3, -0.25) is 19.0 Å². The molecule has 2 aromatic heterocycles. The minimum atomic E-state index is -0.230. The molecule has 0 unspecified atom stereocenters. The third-order valence-electron chi connectivity index (χ3n) is 12.0. The van der Waals surface area contributed by atoms with E-state index in [1.54, 1.807) is 0 Å². The first-order valence-electron chi connectivity index (χ1n) is 25.5. The van der Waals surface area contributed by atoms with Gasteiger partial charge in [-0.15, -0.1) is 10.2 Å². The number of unbranched alkanes of at least 4 members (excludes halogenated alkanes) is 22. The van der Waals surface area contributed by atoms with Crippen LogP contribution in [0, 0.1) is 0 Å². The van der Waals surface area contributed by atoms with Crippen molar-refractivity contribution in [2.75, 3.05) is 52.5 Å². The van der Waals surface area contributed by atoms with Crippen LogP contribution in [0.15, 0.2) is 12.4 Å². The summed E-state index contributed by atoms with van der Waals surface area (Å²) < 4.78 is 15.0. The van der Waals surface area contributed by atoms with Crippen molar-refractivity contribution in [3.63, 3.8) is 0 Å². The Labute approximate surface area is 373 Å². The van der Waals surface area contributed by atoms with Crippen LogP contribution in [0.1, 0.15) is 212 Å². The van der Waals surface area contributed by atoms with Crippen molar-refractivity contribution in [2.45, 2.75) is 227 Å². The number of rotatable bonds is 44. The van der Waals surface area contributed by atoms with Gasteiger partial charge in [0.25, 0.3) is 0 Å². The molecule has 61 heavy (non-hydrogen) atoms. The highest BCUT2D eigenvalue weighted by atomic mass is 16.5. The molecule has 0 aliphatic carbocycles. The minimum absolute atomic E-state index is 0.230. The van der Waals surface area contributed by atoms with Crippen LogP contribution in [0.4, 0.5) is 0 Å². The molecule has 0 aromatic carbocycles. The van der Waals surface area contributed by atoms with Crippen molar-refractivity contribution in [2.24, 2.45) is 0 Å². The maximum atomic E-state index is 12.7. The molecular weight excluding hydrogens is 765 g/mol. The van der Waals surface area contributed by atoms with Gasteiger partial charge >= 0.3 is 11.9 Å². The number of aryl methyl sites for hydroxylation is 2. The standard InChI is InChI=1S/C49H92N8O4/c1-5-9-11-13-15-17-19-21-23-25-27-29-38-56-44-46(50-52-56)34-42-60-48(58)32-40-55(37-31-36-54(7-3)8-4)41-33-49(59)61-43-35-47-45-57(53-51-47)39-30-28-26-24-22-20-18-16-14-12-10-6-2/h44-45H,5-43H2,1-4H3. The van der Waals surface area contributed by atoms with Crippen LogP contribution < -0.4 is 0 Å². The summed E-state index contributed by atoms with van der Waals surface area (Å²) in [5, 5.41) is 17.2. The average molecular weight is 857 g/mol. The molecule has 0 aliphatic rings. The van der Waals surface area contributed by atoms with Crippen molar-refractivity contribution in [1.29, 1.82) is 0 Å². The molecule has 0 radical (unpaired) electrons. The van der Waals surface area contributed by atoms with Crippen LogP contribution in [0.2, 0.25) is 0 Å². The molecule has 0 amide bonds. The van der Waals surface area contributed by atoms with Crippen LogP contribution in [-0.2, 0) is 45.0 Å². The van der Waals surface area contributed by atoms with Gasteiger partial charge in [-0.2, -0.15) is 0 Å². The molecule has 2 aromatic rings. The summed E-state index contributed by atoms with van der Waals surface area (Å²) in [7, 11) is 0. The fourth-order valence-electron chi connectivity index (χ4n) is 7.93. The van der Waals surface area contributed by atoms with E-state index in [1.165, 1.54) is 141 Å². The number of esters is 2. The number of nitrogens with zero attached hydrogens (tertiary/aromatic N) is 8. The van der Waals surface area contributed by atoms with Gasteiger partial charge in [0.05, 0.1) is 37.4 Å². The van der Waals surface area contributed by atoms with E-state index in [2.05, 4.69) is 58.1 Å². The molecule has 0 atom stereocenters. The predicted molar refractivity (Wildman–Crippen MR) is 250 cm³/mol. The first-order valence-corrected chi connectivity index (χ1v) is 25.5. The van der Waals surface area contributed by atoms with Crippen molar-refractivity contribution < 1.29 is 19.1 Å². The molecule has 0 N–H and O–H groups in total. The summed E-state index contributed by atoms with van der Waals surface area (Å²) in [6.07, 6.45) is 38.6. The van der Waals surface area contributed by atoms with Crippen LogP contribution in [0.5, 0.6) is 0 Å². The van der Waals surface area contributed by atoms with Crippen LogP contribution >= 0.6 is 0 Å². The number of carbonyl (C=O) groups excluding carboxylic acids is 2. The lowest BCUT2D eigenvalue weighted by Gasteiger charge is -2.24. The topological polar surface area (TPSA) is 120 Å². The highest BCUT2D eigenvalue weighted by Crippen LogP contribution is 2.14. The average Bonchev–Trinajstić information content (AvgIpc) is 3.93. The maximum Gasteiger partial charge on any atom is 0.307 e. The van der Waals surface area contributed by atoms with Gasteiger partial charge in [0.1, 0.15) is 0 Å².